The molecular formula is C27H35F3N2O3. The Labute approximate surface area is 205 Å². The van der Waals surface area contributed by atoms with Crippen molar-refractivity contribution in [3.63, 3.8) is 0 Å². The largest absolute Gasteiger partial charge is 0.496 e. The Morgan fingerprint density at radius 2 is 1.60 bits per heavy atom. The van der Waals surface area contributed by atoms with Crippen LogP contribution >= 0.6 is 0 Å². The van der Waals surface area contributed by atoms with E-state index in [4.69, 9.17) is 9.47 Å². The SMILES string of the molecule is COc1ccc(-c2ccc(C(F)(F)F)cc2)cc1CNC1CCC(N(C)C(=O)OC(C)(C)C)CC1. The molecule has 35 heavy (non-hydrogen) atoms. The van der Waals surface area contributed by atoms with Crippen molar-refractivity contribution < 1.29 is 27.4 Å². The van der Waals surface area contributed by atoms with Gasteiger partial charge in [0.2, 0.25) is 0 Å². The first kappa shape index (κ1) is 26.9. The second-order valence-corrected chi connectivity index (χ2v) is 10.1. The average Bonchev–Trinajstić information content (AvgIpc) is 2.81. The van der Waals surface area contributed by atoms with Gasteiger partial charge in [-0.15, -0.1) is 0 Å². The van der Waals surface area contributed by atoms with Crippen molar-refractivity contribution in [2.75, 3.05) is 14.2 Å². The van der Waals surface area contributed by atoms with Crippen molar-refractivity contribution in [2.45, 2.75) is 76.9 Å². The molecule has 0 aromatic heterocycles. The van der Waals surface area contributed by atoms with E-state index in [-0.39, 0.29) is 12.1 Å². The van der Waals surface area contributed by atoms with Gasteiger partial charge < -0.3 is 19.7 Å². The van der Waals surface area contributed by atoms with Crippen LogP contribution < -0.4 is 10.1 Å². The van der Waals surface area contributed by atoms with E-state index in [9.17, 15) is 18.0 Å². The van der Waals surface area contributed by atoms with Gasteiger partial charge in [0, 0.05) is 31.2 Å². The van der Waals surface area contributed by atoms with Crippen molar-refractivity contribution in [1.82, 2.24) is 10.2 Å². The summed E-state index contributed by atoms with van der Waals surface area (Å²) in [6.07, 6.45) is -1.02. The first-order valence-corrected chi connectivity index (χ1v) is 11.9. The Morgan fingerprint density at radius 3 is 2.14 bits per heavy atom. The highest BCUT2D eigenvalue weighted by Crippen LogP contribution is 2.32. The molecule has 0 unspecified atom stereocenters. The zero-order valence-electron chi connectivity index (χ0n) is 21.0. The predicted molar refractivity (Wildman–Crippen MR) is 130 cm³/mol. The quantitative estimate of drug-likeness (QED) is 0.491. The fraction of sp³-hybridized carbons (Fsp3) is 0.519. The third kappa shape index (κ3) is 7.37. The van der Waals surface area contributed by atoms with Gasteiger partial charge in [-0.25, -0.2) is 4.79 Å². The molecule has 1 fully saturated rings. The van der Waals surface area contributed by atoms with E-state index in [1.54, 1.807) is 19.1 Å². The Bertz CT molecular complexity index is 992. The topological polar surface area (TPSA) is 50.8 Å². The molecule has 1 aliphatic carbocycles. The van der Waals surface area contributed by atoms with Crippen LogP contribution in [0.4, 0.5) is 18.0 Å². The Morgan fingerprint density at radius 1 is 1.00 bits per heavy atom. The van der Waals surface area contributed by atoms with Gasteiger partial charge in [-0.2, -0.15) is 13.2 Å². The van der Waals surface area contributed by atoms with Crippen LogP contribution in [0.2, 0.25) is 0 Å². The van der Waals surface area contributed by atoms with E-state index in [1.807, 2.05) is 39.0 Å². The summed E-state index contributed by atoms with van der Waals surface area (Å²) in [5, 5.41) is 3.58. The maximum absolute atomic E-state index is 12.9. The van der Waals surface area contributed by atoms with Crippen molar-refractivity contribution >= 4 is 6.09 Å². The lowest BCUT2D eigenvalue weighted by Gasteiger charge is -2.36. The van der Waals surface area contributed by atoms with Gasteiger partial charge in [-0.3, -0.25) is 0 Å². The zero-order chi connectivity index (χ0) is 25.8. The molecule has 5 nitrogen and oxygen atoms in total. The molecule has 0 heterocycles. The number of amides is 1. The van der Waals surface area contributed by atoms with E-state index in [2.05, 4.69) is 5.32 Å². The van der Waals surface area contributed by atoms with E-state index >= 15 is 0 Å². The number of hydrogen-bond acceptors (Lipinski definition) is 4. The lowest BCUT2D eigenvalue weighted by atomic mass is 9.90. The number of hydrogen-bond donors (Lipinski definition) is 1. The average molecular weight is 493 g/mol. The van der Waals surface area contributed by atoms with Crippen molar-refractivity contribution in [2.24, 2.45) is 0 Å². The summed E-state index contributed by atoms with van der Waals surface area (Å²) in [5.74, 6) is 0.728. The van der Waals surface area contributed by atoms with E-state index < -0.39 is 17.3 Å². The molecule has 0 spiro atoms. The maximum Gasteiger partial charge on any atom is 0.416 e. The molecule has 192 valence electrons. The second-order valence-electron chi connectivity index (χ2n) is 10.1. The van der Waals surface area contributed by atoms with Gasteiger partial charge in [0.1, 0.15) is 11.4 Å². The smallest absolute Gasteiger partial charge is 0.416 e. The number of methoxy groups -OCH3 is 1. The Balaban J connectivity index is 1.59. The Hall–Kier alpha value is -2.74. The van der Waals surface area contributed by atoms with Gasteiger partial charge in [0.25, 0.3) is 0 Å². The summed E-state index contributed by atoms with van der Waals surface area (Å²) < 4.78 is 49.6. The number of halogens is 3. The number of alkyl halides is 3. The zero-order valence-corrected chi connectivity index (χ0v) is 21.0. The molecule has 2 aromatic carbocycles. The van der Waals surface area contributed by atoms with Crippen LogP contribution in [0.15, 0.2) is 42.5 Å². The van der Waals surface area contributed by atoms with E-state index in [0.29, 0.717) is 18.2 Å². The normalized spacial score (nSPS) is 18.7. The lowest BCUT2D eigenvalue weighted by molar-refractivity contribution is -0.137. The van der Waals surface area contributed by atoms with Gasteiger partial charge in [0.05, 0.1) is 12.7 Å². The third-order valence-electron chi connectivity index (χ3n) is 6.33. The van der Waals surface area contributed by atoms with Crippen molar-refractivity contribution in [3.8, 4) is 16.9 Å². The highest BCUT2D eigenvalue weighted by Gasteiger charge is 2.30. The fourth-order valence-corrected chi connectivity index (χ4v) is 4.35. The molecule has 0 bridgehead atoms. The van der Waals surface area contributed by atoms with Crippen LogP contribution in [0, 0.1) is 0 Å². The minimum atomic E-state index is -4.35. The number of nitrogens with one attached hydrogen (secondary N) is 1. The number of rotatable bonds is 6. The van der Waals surface area contributed by atoms with Gasteiger partial charge in [-0.1, -0.05) is 18.2 Å². The van der Waals surface area contributed by atoms with Gasteiger partial charge in [0.15, 0.2) is 0 Å². The fourth-order valence-electron chi connectivity index (χ4n) is 4.35. The van der Waals surface area contributed by atoms with Crippen LogP contribution in [0.5, 0.6) is 5.75 Å². The van der Waals surface area contributed by atoms with Crippen molar-refractivity contribution in [3.05, 3.63) is 53.6 Å². The number of carbonyl (C=O) groups is 1. The van der Waals surface area contributed by atoms with Crippen LogP contribution in [0.25, 0.3) is 11.1 Å². The predicted octanol–water partition coefficient (Wildman–Crippen LogP) is 6.65. The number of benzene rings is 2. The van der Waals surface area contributed by atoms with Crippen LogP contribution in [-0.2, 0) is 17.5 Å². The molecule has 0 saturated heterocycles. The number of nitrogens with zero attached hydrogens (tertiary/aromatic N) is 1. The van der Waals surface area contributed by atoms with Gasteiger partial charge in [-0.05, 0) is 81.8 Å². The first-order chi connectivity index (χ1) is 16.4. The third-order valence-corrected chi connectivity index (χ3v) is 6.33. The molecule has 1 amide bonds. The van der Waals surface area contributed by atoms with Crippen molar-refractivity contribution in [1.29, 1.82) is 0 Å². The summed E-state index contributed by atoms with van der Waals surface area (Å²) in [6.45, 7) is 6.16. The molecule has 0 radical (unpaired) electrons. The maximum atomic E-state index is 12.9. The second kappa shape index (κ2) is 10.9. The molecular weight excluding hydrogens is 457 g/mol. The monoisotopic (exact) mass is 492 g/mol. The van der Waals surface area contributed by atoms with E-state index in [1.165, 1.54) is 12.1 Å². The lowest BCUT2D eigenvalue weighted by Crippen LogP contribution is -2.44. The van der Waals surface area contributed by atoms with Crippen LogP contribution in [0.1, 0.15) is 57.6 Å². The summed E-state index contributed by atoms with van der Waals surface area (Å²) in [6, 6.07) is 11.3. The minimum absolute atomic E-state index is 0.153. The first-order valence-electron chi connectivity index (χ1n) is 11.9. The Kier molecular flexibility index (Phi) is 8.36. The number of ether oxygens (including phenoxy) is 2. The number of carbonyl (C=O) groups excluding carboxylic acids is 1. The molecule has 1 aliphatic rings. The van der Waals surface area contributed by atoms with E-state index in [0.717, 1.165) is 54.7 Å². The van der Waals surface area contributed by atoms with Crippen LogP contribution in [-0.4, -0.2) is 42.8 Å². The minimum Gasteiger partial charge on any atom is -0.496 e. The standard InChI is InChI=1S/C27H35F3N2O3/c1-26(2,3)35-25(33)32(4)23-13-11-22(12-14-23)31-17-20-16-19(8-15-24(20)34-5)18-6-9-21(10-7-18)27(28,29)30/h6-10,15-16,22-23,31H,11-14,17H2,1-5H3. The summed E-state index contributed by atoms with van der Waals surface area (Å²) in [5.41, 5.74) is 1.31. The molecule has 2 aromatic rings. The van der Waals surface area contributed by atoms with Gasteiger partial charge >= 0.3 is 12.3 Å². The molecule has 3 rings (SSSR count). The molecule has 0 aliphatic heterocycles. The summed E-state index contributed by atoms with van der Waals surface area (Å²) >= 11 is 0. The summed E-state index contributed by atoms with van der Waals surface area (Å²) in [4.78, 5) is 14.1. The highest BCUT2D eigenvalue weighted by atomic mass is 19.4. The van der Waals surface area contributed by atoms with Crippen LogP contribution in [0.3, 0.4) is 0 Å². The molecule has 1 saturated carbocycles. The summed E-state index contributed by atoms with van der Waals surface area (Å²) in [7, 11) is 3.40. The molecule has 1 N–H and O–H groups in total. The highest BCUT2D eigenvalue weighted by molar-refractivity contribution is 5.68. The molecule has 8 heteroatoms. The molecule has 0 atom stereocenters.